The van der Waals surface area contributed by atoms with Gasteiger partial charge in [-0.1, -0.05) is 0 Å². The number of carbonyl (C=O) groups excluding carboxylic acids is 1. The number of hydrogen-bond acceptors (Lipinski definition) is 4. The van der Waals surface area contributed by atoms with E-state index in [1.807, 2.05) is 18.4 Å². The lowest BCUT2D eigenvalue weighted by Gasteiger charge is -2.05. The summed E-state index contributed by atoms with van der Waals surface area (Å²) in [6.45, 7) is 4.17. The molecule has 21 heavy (non-hydrogen) atoms. The zero-order valence-electron chi connectivity index (χ0n) is 11.7. The number of furan rings is 1. The SMILES string of the molecule is Cc1ccsc1CNC(=O)NCc1cc(C(=O)O)c(C)o1. The van der Waals surface area contributed by atoms with Crippen LogP contribution in [-0.2, 0) is 13.1 Å². The van der Waals surface area contributed by atoms with E-state index in [-0.39, 0.29) is 18.1 Å². The molecule has 0 aliphatic heterocycles. The van der Waals surface area contributed by atoms with Crippen LogP contribution in [0, 0.1) is 13.8 Å². The molecule has 0 unspecified atom stereocenters. The van der Waals surface area contributed by atoms with Gasteiger partial charge in [0.1, 0.15) is 17.1 Å². The van der Waals surface area contributed by atoms with Crippen LogP contribution in [0.15, 0.2) is 21.9 Å². The first-order valence-electron chi connectivity index (χ1n) is 6.34. The van der Waals surface area contributed by atoms with E-state index >= 15 is 0 Å². The predicted octanol–water partition coefficient (Wildman–Crippen LogP) is 2.66. The summed E-state index contributed by atoms with van der Waals surface area (Å²) in [5.41, 5.74) is 1.26. The number of nitrogens with one attached hydrogen (secondary N) is 2. The van der Waals surface area contributed by atoms with Crippen molar-refractivity contribution in [3.63, 3.8) is 0 Å². The molecule has 0 radical (unpaired) electrons. The third-order valence-electron chi connectivity index (χ3n) is 3.00. The van der Waals surface area contributed by atoms with Gasteiger partial charge in [-0.2, -0.15) is 0 Å². The van der Waals surface area contributed by atoms with Crippen molar-refractivity contribution in [1.82, 2.24) is 10.6 Å². The maximum atomic E-state index is 11.7. The molecule has 2 aromatic heterocycles. The first-order valence-corrected chi connectivity index (χ1v) is 7.22. The summed E-state index contributed by atoms with van der Waals surface area (Å²) in [5.74, 6) is -0.304. The van der Waals surface area contributed by atoms with Crippen LogP contribution in [0.1, 0.15) is 32.3 Å². The van der Waals surface area contributed by atoms with Gasteiger partial charge in [0.05, 0.1) is 13.1 Å². The number of aromatic carboxylic acids is 1. The first-order chi connectivity index (χ1) is 9.97. The minimum Gasteiger partial charge on any atom is -0.478 e. The van der Waals surface area contributed by atoms with Gasteiger partial charge in [0.15, 0.2) is 0 Å². The predicted molar refractivity (Wildman–Crippen MR) is 78.5 cm³/mol. The second-order valence-electron chi connectivity index (χ2n) is 4.55. The van der Waals surface area contributed by atoms with Crippen LogP contribution < -0.4 is 10.6 Å². The second-order valence-corrected chi connectivity index (χ2v) is 5.55. The number of aryl methyl sites for hydroxylation is 2. The Labute approximate surface area is 125 Å². The fourth-order valence-electron chi connectivity index (χ4n) is 1.82. The Hall–Kier alpha value is -2.28. The number of carbonyl (C=O) groups is 2. The molecule has 2 aromatic rings. The molecule has 0 fully saturated rings. The molecule has 0 saturated carbocycles. The quantitative estimate of drug-likeness (QED) is 0.792. The molecule has 112 valence electrons. The minimum absolute atomic E-state index is 0.112. The third kappa shape index (κ3) is 3.85. The van der Waals surface area contributed by atoms with E-state index in [4.69, 9.17) is 9.52 Å². The molecule has 0 bridgehead atoms. The molecule has 0 aliphatic rings. The van der Waals surface area contributed by atoms with Crippen LogP contribution in [0.4, 0.5) is 4.79 Å². The minimum atomic E-state index is -1.04. The molecule has 0 aliphatic carbocycles. The van der Waals surface area contributed by atoms with Crippen molar-refractivity contribution in [2.75, 3.05) is 0 Å². The molecular weight excluding hydrogens is 292 g/mol. The molecule has 0 spiro atoms. The topological polar surface area (TPSA) is 91.6 Å². The lowest BCUT2D eigenvalue weighted by atomic mass is 10.2. The number of hydrogen-bond donors (Lipinski definition) is 3. The van der Waals surface area contributed by atoms with Crippen LogP contribution >= 0.6 is 11.3 Å². The van der Waals surface area contributed by atoms with Gasteiger partial charge in [-0.3, -0.25) is 0 Å². The molecule has 2 heterocycles. The van der Waals surface area contributed by atoms with E-state index in [0.29, 0.717) is 18.1 Å². The fourth-order valence-corrected chi connectivity index (χ4v) is 2.66. The summed E-state index contributed by atoms with van der Waals surface area (Å²) in [6, 6.07) is 3.09. The second kappa shape index (κ2) is 6.45. The van der Waals surface area contributed by atoms with Crippen molar-refractivity contribution >= 4 is 23.3 Å². The Morgan fingerprint density at radius 3 is 2.57 bits per heavy atom. The molecular formula is C14H16N2O4S. The first kappa shape index (κ1) is 15.1. The molecule has 0 atom stereocenters. The highest BCUT2D eigenvalue weighted by atomic mass is 32.1. The average molecular weight is 308 g/mol. The highest BCUT2D eigenvalue weighted by Crippen LogP contribution is 2.15. The Balaban J connectivity index is 1.82. The summed E-state index contributed by atoms with van der Waals surface area (Å²) < 4.78 is 5.27. The van der Waals surface area contributed by atoms with Gasteiger partial charge < -0.3 is 20.2 Å². The van der Waals surface area contributed by atoms with E-state index < -0.39 is 5.97 Å². The van der Waals surface area contributed by atoms with Gasteiger partial charge in [0.2, 0.25) is 0 Å². The van der Waals surface area contributed by atoms with Gasteiger partial charge >= 0.3 is 12.0 Å². The van der Waals surface area contributed by atoms with Gasteiger partial charge in [-0.15, -0.1) is 11.3 Å². The Morgan fingerprint density at radius 1 is 1.29 bits per heavy atom. The Morgan fingerprint density at radius 2 is 2.00 bits per heavy atom. The lowest BCUT2D eigenvalue weighted by molar-refractivity contribution is 0.0695. The molecule has 7 heteroatoms. The van der Waals surface area contributed by atoms with Crippen LogP contribution in [0.3, 0.4) is 0 Å². The monoisotopic (exact) mass is 308 g/mol. The highest BCUT2D eigenvalue weighted by molar-refractivity contribution is 7.10. The number of amides is 2. The van der Waals surface area contributed by atoms with E-state index in [0.717, 1.165) is 10.4 Å². The maximum absolute atomic E-state index is 11.7. The van der Waals surface area contributed by atoms with Crippen LogP contribution in [0.2, 0.25) is 0 Å². The summed E-state index contributed by atoms with van der Waals surface area (Å²) >= 11 is 1.59. The normalized spacial score (nSPS) is 10.4. The number of carboxylic acid groups (broad SMARTS) is 1. The van der Waals surface area contributed by atoms with Gasteiger partial charge in [-0.25, -0.2) is 9.59 Å². The maximum Gasteiger partial charge on any atom is 0.339 e. The summed E-state index contributed by atoms with van der Waals surface area (Å²) in [4.78, 5) is 23.7. The molecule has 0 aromatic carbocycles. The summed E-state index contributed by atoms with van der Waals surface area (Å²) in [6.07, 6.45) is 0. The largest absolute Gasteiger partial charge is 0.478 e. The van der Waals surface area contributed by atoms with Crippen molar-refractivity contribution in [2.24, 2.45) is 0 Å². The van der Waals surface area contributed by atoms with Crippen molar-refractivity contribution in [2.45, 2.75) is 26.9 Å². The van der Waals surface area contributed by atoms with Crippen molar-refractivity contribution < 1.29 is 19.1 Å². The van der Waals surface area contributed by atoms with Gasteiger partial charge in [-0.05, 0) is 36.9 Å². The molecule has 2 rings (SSSR count). The number of carboxylic acids is 1. The van der Waals surface area contributed by atoms with Crippen LogP contribution in [-0.4, -0.2) is 17.1 Å². The molecule has 3 N–H and O–H groups in total. The standard InChI is InChI=1S/C14H16N2O4S/c1-8-3-4-21-12(8)7-16-14(19)15-6-10-5-11(13(17)18)9(2)20-10/h3-5H,6-7H2,1-2H3,(H,17,18)(H2,15,16,19). The molecule has 6 nitrogen and oxygen atoms in total. The van der Waals surface area contributed by atoms with E-state index in [1.165, 1.54) is 6.07 Å². The van der Waals surface area contributed by atoms with E-state index in [2.05, 4.69) is 10.6 Å². The van der Waals surface area contributed by atoms with E-state index in [1.54, 1.807) is 18.3 Å². The Kier molecular flexibility index (Phi) is 4.64. The number of urea groups is 1. The van der Waals surface area contributed by atoms with Crippen LogP contribution in [0.5, 0.6) is 0 Å². The zero-order chi connectivity index (χ0) is 15.4. The van der Waals surface area contributed by atoms with Crippen molar-refractivity contribution in [1.29, 1.82) is 0 Å². The van der Waals surface area contributed by atoms with Gasteiger partial charge in [0.25, 0.3) is 0 Å². The molecule has 2 amide bonds. The fraction of sp³-hybridized carbons (Fsp3) is 0.286. The number of thiophene rings is 1. The van der Waals surface area contributed by atoms with Crippen molar-refractivity contribution in [3.8, 4) is 0 Å². The Bertz CT molecular complexity index is 660. The summed E-state index contributed by atoms with van der Waals surface area (Å²) in [5, 5.41) is 16.3. The summed E-state index contributed by atoms with van der Waals surface area (Å²) in [7, 11) is 0. The van der Waals surface area contributed by atoms with Crippen LogP contribution in [0.25, 0.3) is 0 Å². The van der Waals surface area contributed by atoms with Gasteiger partial charge in [0, 0.05) is 4.88 Å². The van der Waals surface area contributed by atoms with E-state index in [9.17, 15) is 9.59 Å². The average Bonchev–Trinajstić information content (AvgIpc) is 3.00. The number of rotatable bonds is 5. The lowest BCUT2D eigenvalue weighted by Crippen LogP contribution is -2.34. The smallest absolute Gasteiger partial charge is 0.339 e. The highest BCUT2D eigenvalue weighted by Gasteiger charge is 2.14. The third-order valence-corrected chi connectivity index (χ3v) is 4.02. The molecule has 0 saturated heterocycles. The van der Waals surface area contributed by atoms with Crippen molar-refractivity contribution in [3.05, 3.63) is 45.0 Å². The zero-order valence-corrected chi connectivity index (χ0v) is 12.5.